The van der Waals surface area contributed by atoms with Crippen LogP contribution >= 0.6 is 8.58 Å². The molecule has 0 N–H and O–H groups in total. The molecule has 0 amide bonds. The molecule has 0 radical (unpaired) electrons. The predicted octanol–water partition coefficient (Wildman–Crippen LogP) is 0.643. The van der Waals surface area contributed by atoms with Gasteiger partial charge in [-0.1, -0.05) is 0 Å². The monoisotopic (exact) mass is 452 g/mol. The zero-order valence-electron chi connectivity index (χ0n) is 17.0. The van der Waals surface area contributed by atoms with Gasteiger partial charge in [-0.05, 0) is 0 Å². The quantitative estimate of drug-likeness (QED) is 0.403. The van der Waals surface area contributed by atoms with E-state index in [9.17, 15) is 0 Å². The Kier molecular flexibility index (Phi) is 7.24. The first-order valence-corrected chi connectivity index (χ1v) is 12.7. The Morgan fingerprint density at radius 2 is 1.23 bits per heavy atom. The van der Waals surface area contributed by atoms with Gasteiger partial charge in [0.15, 0.2) is 0 Å². The first kappa shape index (κ1) is 22.8. The van der Waals surface area contributed by atoms with Gasteiger partial charge in [-0.25, -0.2) is 0 Å². The van der Waals surface area contributed by atoms with E-state index in [2.05, 4.69) is 98.8 Å². The van der Waals surface area contributed by atoms with Gasteiger partial charge in [0.1, 0.15) is 0 Å². The summed E-state index contributed by atoms with van der Waals surface area (Å²) >= 11 is -0.248. The summed E-state index contributed by atoms with van der Waals surface area (Å²) in [7, 11) is 0.774. The van der Waals surface area contributed by atoms with Crippen LogP contribution in [0.25, 0.3) is 12.2 Å². The molecule has 5 rings (SSSR count). The van der Waals surface area contributed by atoms with Crippen molar-refractivity contribution >= 4 is 26.0 Å². The van der Waals surface area contributed by atoms with Crippen molar-refractivity contribution in [1.82, 2.24) is 0 Å². The van der Waals surface area contributed by atoms with Crippen molar-refractivity contribution in [3.63, 3.8) is 0 Å². The maximum Gasteiger partial charge on any atom is -1.00 e. The Bertz CT molecular complexity index is 1120. The number of hydrogen-bond donors (Lipinski definition) is 0. The van der Waals surface area contributed by atoms with Crippen molar-refractivity contribution < 1.29 is 28.6 Å². The summed E-state index contributed by atoms with van der Waals surface area (Å²) in [5.74, 6) is 0. The van der Waals surface area contributed by atoms with E-state index in [0.717, 1.165) is 8.58 Å². The molecule has 2 aliphatic rings. The van der Waals surface area contributed by atoms with Crippen LogP contribution in [0.5, 0.6) is 0 Å². The van der Waals surface area contributed by atoms with Crippen LogP contribution in [0.1, 0.15) is 43.2 Å². The molecule has 0 nitrogen and oxygen atoms in total. The van der Waals surface area contributed by atoms with E-state index >= 15 is 0 Å². The number of fused-ring (bicyclic) bond motifs is 2. The molecule has 3 aromatic carbocycles. The molecule has 0 aliphatic heterocycles. The summed E-state index contributed by atoms with van der Waals surface area (Å²) in [5.41, 5.74) is 8.98. The summed E-state index contributed by atoms with van der Waals surface area (Å²) in [6, 6.07) is 27.0. The summed E-state index contributed by atoms with van der Waals surface area (Å²) in [4.78, 5) is 0. The van der Waals surface area contributed by atoms with Crippen LogP contribution in [0, 0.1) is 6.92 Å². The maximum absolute atomic E-state index is 2.49. The van der Waals surface area contributed by atoms with Crippen molar-refractivity contribution in [2.45, 2.75) is 22.3 Å². The van der Waals surface area contributed by atoms with Gasteiger partial charge in [0, 0.05) is 0 Å². The topological polar surface area (TPSA) is 0 Å². The van der Waals surface area contributed by atoms with Crippen LogP contribution in [0.4, 0.5) is 0 Å². The normalized spacial score (nSPS) is 18.6. The molecule has 0 saturated carbocycles. The van der Waals surface area contributed by atoms with E-state index in [1.807, 2.05) is 0 Å². The van der Waals surface area contributed by atoms with Gasteiger partial charge in [0.2, 0.25) is 0 Å². The SMILES string of the molecule is CC1=Cc2ccccc2[CH]1[Ti+2][CH]1C(Pc2ccccc2C)=Cc2ccccc21.[F-].[F-]. The standard InChI is InChI=1S/C16H14P.C10H9.2FH.Ti/c1-12-6-2-5-9-16(12)17-15-10-13-7-3-4-8-14(13)11-15;1-8-6-9-4-2-3-5-10(9)7-8;;;/h2-11,17H,1H3;2-7H,1H3;2*1H;/q;;;;+2/p-2. The molecule has 0 bridgehead atoms. The predicted molar refractivity (Wildman–Crippen MR) is 119 cm³/mol. The van der Waals surface area contributed by atoms with E-state index in [4.69, 9.17) is 0 Å². The third-order valence-corrected chi connectivity index (χ3v) is 11.0. The van der Waals surface area contributed by atoms with Gasteiger partial charge in [-0.3, -0.25) is 0 Å². The zero-order chi connectivity index (χ0) is 19.1. The van der Waals surface area contributed by atoms with Gasteiger partial charge in [-0.15, -0.1) is 0 Å². The molecule has 30 heavy (non-hydrogen) atoms. The van der Waals surface area contributed by atoms with Gasteiger partial charge in [0.25, 0.3) is 0 Å². The Morgan fingerprint density at radius 3 is 1.93 bits per heavy atom. The van der Waals surface area contributed by atoms with Crippen molar-refractivity contribution in [3.05, 3.63) is 112 Å². The van der Waals surface area contributed by atoms with Gasteiger partial charge < -0.3 is 9.41 Å². The molecule has 0 saturated heterocycles. The largest absolute Gasteiger partial charge is 1.00 e. The van der Waals surface area contributed by atoms with E-state index in [1.54, 1.807) is 22.0 Å². The van der Waals surface area contributed by atoms with Crippen molar-refractivity contribution in [2.24, 2.45) is 0 Å². The number of allylic oxidation sites excluding steroid dienone is 2. The molecule has 2 aliphatic carbocycles. The van der Waals surface area contributed by atoms with Crippen LogP contribution in [0.3, 0.4) is 0 Å². The molecular formula is C26H23F2PTi. The van der Waals surface area contributed by atoms with Gasteiger partial charge in [-0.2, -0.15) is 0 Å². The van der Waals surface area contributed by atoms with Crippen molar-refractivity contribution in [3.8, 4) is 0 Å². The molecule has 0 fully saturated rings. The number of benzene rings is 3. The smallest absolute Gasteiger partial charge is 1.00 e. The summed E-state index contributed by atoms with van der Waals surface area (Å²) < 4.78 is 1.28. The second-order valence-corrected chi connectivity index (χ2v) is 11.4. The van der Waals surface area contributed by atoms with E-state index < -0.39 is 0 Å². The molecule has 0 heterocycles. The Morgan fingerprint density at radius 1 is 0.667 bits per heavy atom. The minimum absolute atomic E-state index is 0. The van der Waals surface area contributed by atoms with Crippen LogP contribution < -0.4 is 14.7 Å². The van der Waals surface area contributed by atoms with Crippen LogP contribution in [0.15, 0.2) is 83.7 Å². The molecule has 3 aromatic rings. The fraction of sp³-hybridized carbons (Fsp3) is 0.154. The zero-order valence-corrected chi connectivity index (χ0v) is 19.6. The molecule has 3 atom stereocenters. The fourth-order valence-corrected chi connectivity index (χ4v) is 9.18. The van der Waals surface area contributed by atoms with Crippen LogP contribution in [-0.2, 0) is 19.2 Å². The molecule has 3 unspecified atom stereocenters. The first-order chi connectivity index (χ1) is 13.7. The van der Waals surface area contributed by atoms with Crippen LogP contribution in [-0.4, -0.2) is 0 Å². The van der Waals surface area contributed by atoms with Crippen molar-refractivity contribution in [1.29, 1.82) is 0 Å². The molecule has 0 spiro atoms. The first-order valence-electron chi connectivity index (χ1n) is 9.87. The molecule has 150 valence electrons. The number of aryl methyl sites for hydroxylation is 1. The molecule has 4 heteroatoms. The second-order valence-electron chi connectivity index (χ2n) is 7.72. The van der Waals surface area contributed by atoms with Crippen LogP contribution in [0.2, 0.25) is 0 Å². The third kappa shape index (κ3) is 4.15. The number of hydrogen-bond acceptors (Lipinski definition) is 0. The molecular weight excluding hydrogens is 429 g/mol. The fourth-order valence-electron chi connectivity index (χ4n) is 4.35. The number of halogens is 2. The average Bonchev–Trinajstić information content (AvgIpc) is 3.21. The van der Waals surface area contributed by atoms with E-state index in [1.165, 1.54) is 22.0 Å². The minimum atomic E-state index is -0.248. The van der Waals surface area contributed by atoms with E-state index in [0.29, 0.717) is 8.45 Å². The Balaban J connectivity index is 0.00000128. The van der Waals surface area contributed by atoms with Crippen molar-refractivity contribution in [2.75, 3.05) is 0 Å². The minimum Gasteiger partial charge on any atom is -1.00 e. The molecule has 0 aromatic heterocycles. The second kappa shape index (κ2) is 9.52. The summed E-state index contributed by atoms with van der Waals surface area (Å²) in [5, 5.41) is 3.14. The van der Waals surface area contributed by atoms with Gasteiger partial charge >= 0.3 is 179 Å². The average molecular weight is 452 g/mol. The maximum atomic E-state index is 2.49. The van der Waals surface area contributed by atoms with E-state index in [-0.39, 0.29) is 28.6 Å². The Labute approximate surface area is 187 Å². The number of rotatable bonds is 4. The summed E-state index contributed by atoms with van der Waals surface area (Å²) in [6.07, 6.45) is 4.91. The third-order valence-electron chi connectivity index (χ3n) is 5.83. The van der Waals surface area contributed by atoms with Gasteiger partial charge in [0.05, 0.1) is 0 Å². The Hall–Kier alpha value is -1.86. The summed E-state index contributed by atoms with van der Waals surface area (Å²) in [6.45, 7) is 4.58.